The summed E-state index contributed by atoms with van der Waals surface area (Å²) in [5.41, 5.74) is 6.44. The van der Waals surface area contributed by atoms with E-state index >= 15 is 0 Å². The van der Waals surface area contributed by atoms with Crippen molar-refractivity contribution in [2.75, 3.05) is 5.32 Å². The highest BCUT2D eigenvalue weighted by Gasteiger charge is 2.21. The van der Waals surface area contributed by atoms with Crippen LogP contribution >= 0.6 is 0 Å². The second-order valence-corrected chi connectivity index (χ2v) is 5.66. The Balaban J connectivity index is 3.02. The lowest BCUT2D eigenvalue weighted by atomic mass is 10.0. The van der Waals surface area contributed by atoms with Crippen molar-refractivity contribution in [2.24, 2.45) is 11.7 Å². The number of aliphatic carboxylic acids is 2. The molecule has 0 aliphatic carbocycles. The Kier molecular flexibility index (Phi) is 6.18. The summed E-state index contributed by atoms with van der Waals surface area (Å²) in [5, 5.41) is 30.6. The number of nitrogens with two attached hydrogens (primary N) is 1. The average Bonchev–Trinajstić information content (AvgIpc) is 2.40. The molecule has 7 nitrogen and oxygen atoms in total. The first-order chi connectivity index (χ1) is 10.2. The van der Waals surface area contributed by atoms with E-state index in [4.69, 9.17) is 10.8 Å². The first kappa shape index (κ1) is 17.8. The summed E-state index contributed by atoms with van der Waals surface area (Å²) in [5.74, 6) is -2.03. The van der Waals surface area contributed by atoms with E-state index in [0.717, 1.165) is 0 Å². The van der Waals surface area contributed by atoms with E-state index in [9.17, 15) is 19.8 Å². The predicted octanol–water partition coefficient (Wildman–Crippen LogP) is 1.26. The summed E-state index contributed by atoms with van der Waals surface area (Å²) in [6.45, 7) is 3.81. The van der Waals surface area contributed by atoms with Gasteiger partial charge in [0.05, 0.1) is 0 Å². The molecule has 0 spiro atoms. The quantitative estimate of drug-likeness (QED) is 0.488. The zero-order valence-electron chi connectivity index (χ0n) is 12.6. The largest absolute Gasteiger partial charge is 0.508 e. The van der Waals surface area contributed by atoms with Crippen LogP contribution in [-0.2, 0) is 16.0 Å². The van der Waals surface area contributed by atoms with E-state index in [1.165, 1.54) is 18.2 Å². The first-order valence-corrected chi connectivity index (χ1v) is 7.00. The number of aromatic hydroxyl groups is 1. The number of carboxylic acids is 2. The maximum absolute atomic E-state index is 11.3. The van der Waals surface area contributed by atoms with Crippen LogP contribution < -0.4 is 11.1 Å². The first-order valence-electron chi connectivity index (χ1n) is 7.00. The number of benzene rings is 1. The molecule has 0 radical (unpaired) electrons. The van der Waals surface area contributed by atoms with Crippen LogP contribution in [0.1, 0.15) is 25.8 Å². The highest BCUT2D eigenvalue weighted by molar-refractivity contribution is 5.78. The van der Waals surface area contributed by atoms with Crippen LogP contribution in [0.15, 0.2) is 18.2 Å². The van der Waals surface area contributed by atoms with Gasteiger partial charge in [0.25, 0.3) is 0 Å². The fraction of sp³-hybridized carbons (Fsp3) is 0.467. The number of carboxylic acid groups (broad SMARTS) is 2. The Morgan fingerprint density at radius 2 is 1.86 bits per heavy atom. The summed E-state index contributed by atoms with van der Waals surface area (Å²) in [6.07, 6.45) is 0.432. The lowest BCUT2D eigenvalue weighted by Crippen LogP contribution is -2.34. The molecule has 1 rings (SSSR count). The van der Waals surface area contributed by atoms with Crippen LogP contribution in [0.2, 0.25) is 0 Å². The molecule has 1 aromatic carbocycles. The van der Waals surface area contributed by atoms with E-state index in [0.29, 0.717) is 17.7 Å². The van der Waals surface area contributed by atoms with Crippen molar-refractivity contribution in [3.8, 4) is 5.75 Å². The van der Waals surface area contributed by atoms with Gasteiger partial charge in [-0.2, -0.15) is 0 Å². The number of hydrogen-bond acceptors (Lipinski definition) is 5. The monoisotopic (exact) mass is 310 g/mol. The van der Waals surface area contributed by atoms with Crippen LogP contribution in [0.5, 0.6) is 5.75 Å². The molecule has 0 fully saturated rings. The van der Waals surface area contributed by atoms with Gasteiger partial charge < -0.3 is 26.4 Å². The predicted molar refractivity (Wildman–Crippen MR) is 81.9 cm³/mol. The van der Waals surface area contributed by atoms with Crippen molar-refractivity contribution in [3.05, 3.63) is 23.8 Å². The van der Waals surface area contributed by atoms with Gasteiger partial charge in [0.2, 0.25) is 0 Å². The van der Waals surface area contributed by atoms with Crippen LogP contribution in [0, 0.1) is 5.92 Å². The van der Waals surface area contributed by atoms with E-state index in [1.54, 1.807) is 0 Å². The van der Waals surface area contributed by atoms with E-state index in [-0.39, 0.29) is 18.1 Å². The third-order valence-corrected chi connectivity index (χ3v) is 3.19. The number of phenolic OH excluding ortho intramolecular Hbond substituents is 1. The number of carbonyl (C=O) groups is 2. The molecule has 6 N–H and O–H groups in total. The number of anilines is 1. The molecule has 2 atom stereocenters. The Labute approximate surface area is 128 Å². The van der Waals surface area contributed by atoms with Gasteiger partial charge in [0, 0.05) is 18.2 Å². The molecule has 1 aromatic rings. The van der Waals surface area contributed by atoms with Crippen molar-refractivity contribution >= 4 is 17.6 Å². The third kappa shape index (κ3) is 5.25. The molecule has 0 aliphatic rings. The maximum atomic E-state index is 11.3. The number of nitrogens with one attached hydrogen (secondary N) is 1. The summed E-state index contributed by atoms with van der Waals surface area (Å²) in [4.78, 5) is 22.2. The topological polar surface area (TPSA) is 133 Å². The molecular weight excluding hydrogens is 288 g/mol. The molecule has 0 bridgehead atoms. The van der Waals surface area contributed by atoms with Crippen LogP contribution in [0.25, 0.3) is 0 Å². The van der Waals surface area contributed by atoms with Gasteiger partial charge >= 0.3 is 11.9 Å². The standard InChI is InChI=1S/C15H22N2O5/c1-8(2)5-13(15(21)22)17-12-7-10(18)4-3-9(12)6-11(16)14(19)20/h3-4,7-8,11,13,17-18H,5-6,16H2,1-2H3,(H,19,20)(H,21,22)/t11-,13-/m0/s1. The lowest BCUT2D eigenvalue weighted by molar-refractivity contribution is -0.139. The fourth-order valence-electron chi connectivity index (χ4n) is 2.08. The van der Waals surface area contributed by atoms with Crippen molar-refractivity contribution in [3.63, 3.8) is 0 Å². The Bertz CT molecular complexity index is 545. The van der Waals surface area contributed by atoms with E-state index < -0.39 is 24.0 Å². The van der Waals surface area contributed by atoms with Gasteiger partial charge in [0.1, 0.15) is 17.8 Å². The smallest absolute Gasteiger partial charge is 0.326 e. The highest BCUT2D eigenvalue weighted by atomic mass is 16.4. The van der Waals surface area contributed by atoms with Crippen molar-refractivity contribution in [1.29, 1.82) is 0 Å². The lowest BCUT2D eigenvalue weighted by Gasteiger charge is -2.20. The molecule has 22 heavy (non-hydrogen) atoms. The summed E-state index contributed by atoms with van der Waals surface area (Å²) < 4.78 is 0. The minimum atomic E-state index is -1.14. The molecule has 122 valence electrons. The van der Waals surface area contributed by atoms with E-state index in [1.807, 2.05) is 13.8 Å². The normalized spacial score (nSPS) is 13.6. The minimum Gasteiger partial charge on any atom is -0.508 e. The van der Waals surface area contributed by atoms with Crippen LogP contribution in [-0.4, -0.2) is 39.3 Å². The summed E-state index contributed by atoms with van der Waals surface area (Å²) in [7, 11) is 0. The van der Waals surface area contributed by atoms with Gasteiger partial charge in [-0.05, 0) is 24.0 Å². The molecule has 0 amide bonds. The van der Waals surface area contributed by atoms with Crippen LogP contribution in [0.3, 0.4) is 0 Å². The Hall–Kier alpha value is -2.28. The summed E-state index contributed by atoms with van der Waals surface area (Å²) >= 11 is 0. The van der Waals surface area contributed by atoms with Crippen LogP contribution in [0.4, 0.5) is 5.69 Å². The fourth-order valence-corrected chi connectivity index (χ4v) is 2.08. The second-order valence-electron chi connectivity index (χ2n) is 5.66. The second kappa shape index (κ2) is 7.65. The molecule has 0 aliphatic heterocycles. The van der Waals surface area contributed by atoms with Gasteiger partial charge in [-0.3, -0.25) is 4.79 Å². The van der Waals surface area contributed by atoms with E-state index in [2.05, 4.69) is 5.32 Å². The highest BCUT2D eigenvalue weighted by Crippen LogP contribution is 2.25. The zero-order valence-corrected chi connectivity index (χ0v) is 12.6. The van der Waals surface area contributed by atoms with Crippen molar-refractivity contribution in [1.82, 2.24) is 0 Å². The number of phenols is 1. The molecular formula is C15H22N2O5. The van der Waals surface area contributed by atoms with Crippen molar-refractivity contribution in [2.45, 2.75) is 38.8 Å². The molecule has 0 unspecified atom stereocenters. The molecule has 0 saturated heterocycles. The van der Waals surface area contributed by atoms with Gasteiger partial charge in [0.15, 0.2) is 0 Å². The van der Waals surface area contributed by atoms with Crippen molar-refractivity contribution < 1.29 is 24.9 Å². The Morgan fingerprint density at radius 3 is 2.36 bits per heavy atom. The third-order valence-electron chi connectivity index (χ3n) is 3.19. The summed E-state index contributed by atoms with van der Waals surface area (Å²) in [6, 6.07) is 2.39. The van der Waals surface area contributed by atoms with Gasteiger partial charge in [-0.25, -0.2) is 4.79 Å². The SMILES string of the molecule is CC(C)C[C@H](Nc1cc(O)ccc1C[C@H](N)C(=O)O)C(=O)O. The minimum absolute atomic E-state index is 0.0337. The molecule has 0 aromatic heterocycles. The number of hydrogen-bond donors (Lipinski definition) is 5. The number of rotatable bonds is 8. The molecule has 0 saturated carbocycles. The van der Waals surface area contributed by atoms with Gasteiger partial charge in [-0.15, -0.1) is 0 Å². The average molecular weight is 310 g/mol. The van der Waals surface area contributed by atoms with Gasteiger partial charge in [-0.1, -0.05) is 19.9 Å². The maximum Gasteiger partial charge on any atom is 0.326 e. The molecule has 0 heterocycles. The zero-order chi connectivity index (χ0) is 16.9. The molecule has 7 heteroatoms. The Morgan fingerprint density at radius 1 is 1.23 bits per heavy atom.